The molecule has 8 heteroatoms. The molecule has 0 radical (unpaired) electrons. The first-order chi connectivity index (χ1) is 14.2. The van der Waals surface area contributed by atoms with Gasteiger partial charge >= 0.3 is 6.18 Å². The van der Waals surface area contributed by atoms with Crippen LogP contribution in [0, 0.1) is 11.9 Å². The SMILES string of the molecule is C=Cc1ccc(-c2ccc(N(N)CC3CC3)c(N)c2C(F)(F)F)c(F)n1.CC.CC. The number of nitrogen functional groups attached to an aromatic ring is 1. The van der Waals surface area contributed by atoms with Crippen LogP contribution in [0.3, 0.4) is 0 Å². The van der Waals surface area contributed by atoms with E-state index < -0.39 is 23.4 Å². The highest BCUT2D eigenvalue weighted by molar-refractivity contribution is 5.82. The molecule has 1 aromatic heterocycles. The van der Waals surface area contributed by atoms with Gasteiger partial charge in [0, 0.05) is 17.7 Å². The van der Waals surface area contributed by atoms with Gasteiger partial charge in [0.1, 0.15) is 0 Å². The van der Waals surface area contributed by atoms with E-state index in [1.165, 1.54) is 35.4 Å². The standard InChI is InChI=1S/C18H18F4N4.2C2H6/c1-2-11-5-6-13(17(19)25-11)12-7-8-14(26(24)9-10-3-4-10)16(23)15(12)18(20,21)22;2*1-2/h2,5-8,10H,1,3-4,9,23-24H2;2*1-2H3. The van der Waals surface area contributed by atoms with E-state index in [2.05, 4.69) is 11.6 Å². The molecule has 0 aliphatic heterocycles. The van der Waals surface area contributed by atoms with Crippen molar-refractivity contribution in [2.75, 3.05) is 17.3 Å². The quantitative estimate of drug-likeness (QED) is 0.194. The van der Waals surface area contributed by atoms with Crippen molar-refractivity contribution in [2.24, 2.45) is 11.8 Å². The van der Waals surface area contributed by atoms with Gasteiger partial charge in [0.05, 0.1) is 22.6 Å². The summed E-state index contributed by atoms with van der Waals surface area (Å²) in [5.41, 5.74) is 3.81. The van der Waals surface area contributed by atoms with Crippen LogP contribution in [0.25, 0.3) is 17.2 Å². The third-order valence-corrected chi connectivity index (χ3v) is 4.34. The van der Waals surface area contributed by atoms with Gasteiger partial charge < -0.3 is 10.7 Å². The fraction of sp³-hybridized carbons (Fsp3) is 0.409. The number of hydrazine groups is 1. The lowest BCUT2D eigenvalue weighted by Crippen LogP contribution is -2.34. The van der Waals surface area contributed by atoms with Crippen LogP contribution in [0.2, 0.25) is 0 Å². The molecule has 1 saturated carbocycles. The second-order valence-electron chi connectivity index (χ2n) is 6.29. The van der Waals surface area contributed by atoms with Gasteiger partial charge in [-0.05, 0) is 43.0 Å². The van der Waals surface area contributed by atoms with Gasteiger partial charge in [-0.1, -0.05) is 40.3 Å². The van der Waals surface area contributed by atoms with Crippen LogP contribution in [0.15, 0.2) is 30.8 Å². The van der Waals surface area contributed by atoms with E-state index in [1.807, 2.05) is 27.7 Å². The van der Waals surface area contributed by atoms with Gasteiger partial charge in [-0.2, -0.15) is 17.6 Å². The monoisotopic (exact) mass is 426 g/mol. The molecule has 0 spiro atoms. The number of hydrogen-bond donors (Lipinski definition) is 2. The van der Waals surface area contributed by atoms with Crippen molar-refractivity contribution in [3.05, 3.63) is 48.0 Å². The molecule has 3 rings (SSSR count). The maximum atomic E-state index is 14.3. The highest BCUT2D eigenvalue weighted by Crippen LogP contribution is 2.45. The fourth-order valence-electron chi connectivity index (χ4n) is 2.83. The van der Waals surface area contributed by atoms with E-state index in [-0.39, 0.29) is 22.5 Å². The van der Waals surface area contributed by atoms with E-state index in [9.17, 15) is 17.6 Å². The maximum Gasteiger partial charge on any atom is 0.419 e. The van der Waals surface area contributed by atoms with Crippen molar-refractivity contribution in [2.45, 2.75) is 46.7 Å². The highest BCUT2D eigenvalue weighted by Gasteiger charge is 2.38. The van der Waals surface area contributed by atoms with Gasteiger partial charge in [0.15, 0.2) is 0 Å². The third-order valence-electron chi connectivity index (χ3n) is 4.34. The molecule has 0 bridgehead atoms. The molecular formula is C22H30F4N4. The van der Waals surface area contributed by atoms with Crippen LogP contribution < -0.4 is 16.6 Å². The molecule has 0 amide bonds. The summed E-state index contributed by atoms with van der Waals surface area (Å²) in [5.74, 6) is 5.23. The number of halogens is 4. The van der Waals surface area contributed by atoms with Gasteiger partial charge in [0.25, 0.3) is 0 Å². The van der Waals surface area contributed by atoms with E-state index in [4.69, 9.17) is 11.6 Å². The van der Waals surface area contributed by atoms with E-state index in [1.54, 1.807) is 0 Å². The Labute approximate surface area is 175 Å². The van der Waals surface area contributed by atoms with Crippen molar-refractivity contribution in [3.8, 4) is 11.1 Å². The second-order valence-corrected chi connectivity index (χ2v) is 6.29. The van der Waals surface area contributed by atoms with Crippen molar-refractivity contribution < 1.29 is 17.6 Å². The number of alkyl halides is 3. The topological polar surface area (TPSA) is 68.2 Å². The molecule has 0 atom stereocenters. The zero-order chi connectivity index (χ0) is 23.1. The van der Waals surface area contributed by atoms with E-state index >= 15 is 0 Å². The lowest BCUT2D eigenvalue weighted by molar-refractivity contribution is -0.136. The Kier molecular flexibility index (Phi) is 9.29. The lowest BCUT2D eigenvalue weighted by Gasteiger charge is -2.24. The van der Waals surface area contributed by atoms with Crippen LogP contribution in [-0.2, 0) is 6.18 Å². The maximum absolute atomic E-state index is 14.3. The predicted octanol–water partition coefficient (Wildman–Crippen LogP) is 6.27. The Morgan fingerprint density at radius 3 is 2.13 bits per heavy atom. The molecule has 1 aliphatic rings. The smallest absolute Gasteiger partial charge is 0.396 e. The molecule has 166 valence electrons. The number of benzene rings is 1. The summed E-state index contributed by atoms with van der Waals surface area (Å²) in [6.45, 7) is 11.9. The molecule has 1 fully saturated rings. The summed E-state index contributed by atoms with van der Waals surface area (Å²) < 4.78 is 55.3. The van der Waals surface area contributed by atoms with Crippen molar-refractivity contribution in [1.29, 1.82) is 0 Å². The molecule has 0 saturated heterocycles. The van der Waals surface area contributed by atoms with Crippen molar-refractivity contribution >= 4 is 17.5 Å². The highest BCUT2D eigenvalue weighted by atomic mass is 19.4. The number of aromatic nitrogens is 1. The summed E-state index contributed by atoms with van der Waals surface area (Å²) >= 11 is 0. The second kappa shape index (κ2) is 11.0. The van der Waals surface area contributed by atoms with E-state index in [0.29, 0.717) is 12.5 Å². The Morgan fingerprint density at radius 1 is 1.10 bits per heavy atom. The molecule has 30 heavy (non-hydrogen) atoms. The minimum atomic E-state index is -4.78. The van der Waals surface area contributed by atoms with Crippen molar-refractivity contribution in [3.63, 3.8) is 0 Å². The molecule has 4 N–H and O–H groups in total. The molecular weight excluding hydrogens is 396 g/mol. The first kappa shape index (κ1) is 25.4. The normalized spacial score (nSPS) is 12.8. The molecule has 2 aromatic rings. The number of nitrogens with zero attached hydrogens (tertiary/aromatic N) is 2. The summed E-state index contributed by atoms with van der Waals surface area (Å²) in [6, 6.07) is 5.17. The van der Waals surface area contributed by atoms with Gasteiger partial charge in [-0.15, -0.1) is 0 Å². The Bertz CT molecular complexity index is 846. The summed E-state index contributed by atoms with van der Waals surface area (Å²) in [4.78, 5) is 3.60. The Morgan fingerprint density at radius 2 is 1.67 bits per heavy atom. The zero-order valence-corrected chi connectivity index (χ0v) is 17.9. The first-order valence-corrected chi connectivity index (χ1v) is 10.0. The van der Waals surface area contributed by atoms with Gasteiger partial charge in [0.2, 0.25) is 5.95 Å². The molecule has 1 heterocycles. The number of hydrogen-bond acceptors (Lipinski definition) is 4. The van der Waals surface area contributed by atoms with E-state index in [0.717, 1.165) is 12.8 Å². The number of nitrogens with two attached hydrogens (primary N) is 2. The molecule has 0 unspecified atom stereocenters. The zero-order valence-electron chi connectivity index (χ0n) is 17.9. The fourth-order valence-corrected chi connectivity index (χ4v) is 2.83. The van der Waals surface area contributed by atoms with Crippen LogP contribution >= 0.6 is 0 Å². The summed E-state index contributed by atoms with van der Waals surface area (Å²) in [6.07, 6.45) is -1.49. The van der Waals surface area contributed by atoms with Crippen LogP contribution in [0.4, 0.5) is 28.9 Å². The minimum Gasteiger partial charge on any atom is -0.396 e. The third kappa shape index (κ3) is 5.95. The molecule has 1 aliphatic carbocycles. The first-order valence-electron chi connectivity index (χ1n) is 10.0. The Balaban J connectivity index is 0.00000106. The van der Waals surface area contributed by atoms with Crippen LogP contribution in [-0.4, -0.2) is 11.5 Å². The lowest BCUT2D eigenvalue weighted by atomic mass is 9.97. The summed E-state index contributed by atoms with van der Waals surface area (Å²) in [5, 5.41) is 1.22. The van der Waals surface area contributed by atoms with Gasteiger partial charge in [-0.25, -0.2) is 10.8 Å². The number of pyridine rings is 1. The van der Waals surface area contributed by atoms with Crippen molar-refractivity contribution in [1.82, 2.24) is 4.98 Å². The largest absolute Gasteiger partial charge is 0.419 e. The molecule has 1 aromatic carbocycles. The number of rotatable bonds is 5. The average molecular weight is 427 g/mol. The molecule has 4 nitrogen and oxygen atoms in total. The average Bonchev–Trinajstić information content (AvgIpc) is 3.53. The minimum absolute atomic E-state index is 0.0732. The van der Waals surface area contributed by atoms with Crippen LogP contribution in [0.1, 0.15) is 51.8 Å². The summed E-state index contributed by atoms with van der Waals surface area (Å²) in [7, 11) is 0. The van der Waals surface area contributed by atoms with Crippen LogP contribution in [0.5, 0.6) is 0 Å². The predicted molar refractivity (Wildman–Crippen MR) is 116 cm³/mol. The number of anilines is 2. The Hall–Kier alpha value is -2.61. The van der Waals surface area contributed by atoms with Gasteiger partial charge in [-0.3, -0.25) is 0 Å².